The number of ether oxygens (including phenoxy) is 2. The highest BCUT2D eigenvalue weighted by Crippen LogP contribution is 2.39. The van der Waals surface area contributed by atoms with Crippen LogP contribution in [-0.4, -0.2) is 33.0 Å². The third-order valence-corrected chi connectivity index (χ3v) is 3.04. The van der Waals surface area contributed by atoms with Crippen LogP contribution in [0.5, 0.6) is 6.01 Å². The van der Waals surface area contributed by atoms with E-state index in [1.807, 2.05) is 6.92 Å². The molecule has 16 heavy (non-hydrogen) atoms. The molecule has 1 aromatic heterocycles. The van der Waals surface area contributed by atoms with E-state index in [1.54, 1.807) is 10.8 Å². The zero-order chi connectivity index (χ0) is 11.3. The van der Waals surface area contributed by atoms with Gasteiger partial charge in [0.15, 0.2) is 12.3 Å². The predicted octanol–water partition coefficient (Wildman–Crippen LogP) is -0.327. The van der Waals surface area contributed by atoms with Crippen molar-refractivity contribution in [1.82, 2.24) is 9.55 Å². The Labute approximate surface area is 91.4 Å². The van der Waals surface area contributed by atoms with Crippen LogP contribution in [0.2, 0.25) is 0 Å². The van der Waals surface area contributed by atoms with Gasteiger partial charge in [-0.1, -0.05) is 6.92 Å². The Hall–Kier alpha value is -1.40. The first-order valence-electron chi connectivity index (χ1n) is 5.30. The highest BCUT2D eigenvalue weighted by molar-refractivity contribution is 5.10. The second-order valence-corrected chi connectivity index (χ2v) is 4.00. The number of fused-ring (bicyclic) bond motifs is 3. The Bertz CT molecular complexity index is 472. The third kappa shape index (κ3) is 1.20. The fraction of sp³-hybridized carbons (Fsp3) is 0.600. The van der Waals surface area contributed by atoms with Crippen LogP contribution in [0.3, 0.4) is 0 Å². The van der Waals surface area contributed by atoms with E-state index in [2.05, 4.69) is 4.98 Å². The van der Waals surface area contributed by atoms with Crippen molar-refractivity contribution >= 4 is 0 Å². The zero-order valence-electron chi connectivity index (χ0n) is 8.74. The van der Waals surface area contributed by atoms with Crippen LogP contribution >= 0.6 is 0 Å². The van der Waals surface area contributed by atoms with Crippen LogP contribution in [0.15, 0.2) is 17.1 Å². The Balaban J connectivity index is 1.99. The summed E-state index contributed by atoms with van der Waals surface area (Å²) in [6, 6.07) is 1.57. The van der Waals surface area contributed by atoms with Gasteiger partial charge in [0.2, 0.25) is 0 Å². The number of nitrogens with zero attached hydrogens (tertiary/aromatic N) is 2. The number of hydrogen-bond donors (Lipinski definition) is 1. The van der Waals surface area contributed by atoms with E-state index in [0.717, 1.165) is 6.42 Å². The molecule has 0 saturated carbocycles. The van der Waals surface area contributed by atoms with Gasteiger partial charge >= 0.3 is 6.01 Å². The molecule has 1 N–H and O–H groups in total. The maximum absolute atomic E-state index is 11.0. The average molecular weight is 224 g/mol. The minimum absolute atomic E-state index is 0.219. The smallest absolute Gasteiger partial charge is 0.302 e. The van der Waals surface area contributed by atoms with Crippen molar-refractivity contribution in [2.75, 3.05) is 0 Å². The van der Waals surface area contributed by atoms with Gasteiger partial charge in [0, 0.05) is 12.3 Å². The normalized spacial score (nSPS) is 35.6. The van der Waals surface area contributed by atoms with Crippen molar-refractivity contribution in [2.24, 2.45) is 0 Å². The van der Waals surface area contributed by atoms with Crippen LogP contribution < -0.4 is 10.3 Å². The van der Waals surface area contributed by atoms with Crippen molar-refractivity contribution in [2.45, 2.75) is 37.9 Å². The minimum Gasteiger partial charge on any atom is -0.453 e. The number of hydrogen-bond acceptors (Lipinski definition) is 5. The van der Waals surface area contributed by atoms with Gasteiger partial charge in [-0.05, 0) is 6.42 Å². The Morgan fingerprint density at radius 3 is 3.19 bits per heavy atom. The van der Waals surface area contributed by atoms with E-state index in [0.29, 0.717) is 0 Å². The largest absolute Gasteiger partial charge is 0.453 e. The molecule has 2 aliphatic heterocycles. The molecule has 1 aromatic rings. The van der Waals surface area contributed by atoms with E-state index >= 15 is 0 Å². The Kier molecular flexibility index (Phi) is 2.02. The minimum atomic E-state index is -0.674. The highest BCUT2D eigenvalue weighted by Gasteiger charge is 2.50. The summed E-state index contributed by atoms with van der Waals surface area (Å²) < 4.78 is 12.7. The van der Waals surface area contributed by atoms with Gasteiger partial charge in [0.05, 0.1) is 6.10 Å². The van der Waals surface area contributed by atoms with Crippen LogP contribution in [0.1, 0.15) is 19.6 Å². The highest BCUT2D eigenvalue weighted by atomic mass is 16.6. The molecule has 0 radical (unpaired) electrons. The van der Waals surface area contributed by atoms with Crippen molar-refractivity contribution in [3.63, 3.8) is 0 Å². The summed E-state index contributed by atoms with van der Waals surface area (Å²) in [5.41, 5.74) is -0.354. The van der Waals surface area contributed by atoms with Gasteiger partial charge in [0.25, 0.3) is 5.56 Å². The lowest BCUT2D eigenvalue weighted by molar-refractivity contribution is -0.0184. The number of rotatable bonds is 1. The second kappa shape index (κ2) is 3.29. The molecule has 2 aliphatic rings. The van der Waals surface area contributed by atoms with Gasteiger partial charge in [0.1, 0.15) is 6.10 Å². The van der Waals surface area contributed by atoms with Gasteiger partial charge in [-0.25, -0.2) is 0 Å². The van der Waals surface area contributed by atoms with E-state index in [1.165, 1.54) is 6.07 Å². The van der Waals surface area contributed by atoms with E-state index < -0.39 is 12.2 Å². The first-order chi connectivity index (χ1) is 7.70. The fourth-order valence-corrected chi connectivity index (χ4v) is 2.21. The average Bonchev–Trinajstić information content (AvgIpc) is 2.75. The van der Waals surface area contributed by atoms with E-state index in [-0.39, 0.29) is 23.9 Å². The molecule has 0 aromatic carbocycles. The molecule has 0 bridgehead atoms. The number of aromatic nitrogens is 2. The quantitative estimate of drug-likeness (QED) is 0.707. The van der Waals surface area contributed by atoms with Gasteiger partial charge in [-0.2, -0.15) is 4.98 Å². The molecule has 4 atom stereocenters. The van der Waals surface area contributed by atoms with Crippen molar-refractivity contribution in [3.8, 4) is 6.01 Å². The van der Waals surface area contributed by atoms with Crippen LogP contribution in [0.25, 0.3) is 0 Å². The lowest BCUT2D eigenvalue weighted by Gasteiger charge is -2.14. The lowest BCUT2D eigenvalue weighted by atomic mass is 10.1. The third-order valence-electron chi connectivity index (χ3n) is 3.04. The van der Waals surface area contributed by atoms with Crippen LogP contribution in [0.4, 0.5) is 0 Å². The molecule has 3 rings (SSSR count). The summed E-state index contributed by atoms with van der Waals surface area (Å²) in [5.74, 6) is 0. The predicted molar refractivity (Wildman–Crippen MR) is 53.1 cm³/mol. The Morgan fingerprint density at radius 2 is 2.44 bits per heavy atom. The summed E-state index contributed by atoms with van der Waals surface area (Å²) >= 11 is 0. The summed E-state index contributed by atoms with van der Waals surface area (Å²) in [6.07, 6.45) is 0.581. The van der Waals surface area contributed by atoms with Gasteiger partial charge < -0.3 is 14.6 Å². The molecular weight excluding hydrogens is 212 g/mol. The monoisotopic (exact) mass is 224 g/mol. The van der Waals surface area contributed by atoms with Gasteiger partial charge in [-0.3, -0.25) is 9.36 Å². The molecular formula is C10H12N2O4. The number of aliphatic hydroxyl groups excluding tert-OH is 1. The Morgan fingerprint density at radius 1 is 1.62 bits per heavy atom. The fourth-order valence-electron chi connectivity index (χ4n) is 2.21. The van der Waals surface area contributed by atoms with E-state index in [4.69, 9.17) is 9.47 Å². The molecule has 0 amide bonds. The molecule has 6 nitrogen and oxygen atoms in total. The van der Waals surface area contributed by atoms with E-state index in [9.17, 15) is 9.90 Å². The molecule has 1 saturated heterocycles. The van der Waals surface area contributed by atoms with Crippen LogP contribution in [-0.2, 0) is 4.74 Å². The number of aliphatic hydroxyl groups is 1. The standard InChI is InChI=1S/C10H12N2O4/c1-2-5-7(14)8-9(15-5)12-4-3-6(13)11-10(12)16-8/h3-5,7-9,14H,2H2,1H3/t5-,7+,8?,9-/m1/s1. The molecule has 1 unspecified atom stereocenters. The molecule has 0 spiro atoms. The lowest BCUT2D eigenvalue weighted by Crippen LogP contribution is -2.32. The van der Waals surface area contributed by atoms with Crippen molar-refractivity contribution in [1.29, 1.82) is 0 Å². The van der Waals surface area contributed by atoms with Gasteiger partial charge in [-0.15, -0.1) is 0 Å². The maximum Gasteiger partial charge on any atom is 0.302 e. The summed E-state index contributed by atoms with van der Waals surface area (Å²) in [5, 5.41) is 9.93. The molecule has 0 aliphatic carbocycles. The zero-order valence-corrected chi connectivity index (χ0v) is 8.74. The summed E-state index contributed by atoms with van der Waals surface area (Å²) in [4.78, 5) is 14.8. The SMILES string of the molecule is CC[C@H]1O[C@@H]2C(Oc3nc(=O)ccn32)[C@H]1O. The van der Waals surface area contributed by atoms with Crippen molar-refractivity contribution < 1.29 is 14.6 Å². The van der Waals surface area contributed by atoms with Crippen LogP contribution in [0, 0.1) is 0 Å². The molecule has 6 heteroatoms. The summed E-state index contributed by atoms with van der Waals surface area (Å²) in [7, 11) is 0. The first-order valence-corrected chi connectivity index (χ1v) is 5.30. The second-order valence-electron chi connectivity index (χ2n) is 4.00. The maximum atomic E-state index is 11.0. The first kappa shape index (κ1) is 9.80. The topological polar surface area (TPSA) is 73.6 Å². The van der Waals surface area contributed by atoms with Crippen molar-refractivity contribution in [3.05, 3.63) is 22.6 Å². The summed E-state index contributed by atoms with van der Waals surface area (Å²) in [6.45, 7) is 1.94. The molecule has 1 fully saturated rings. The molecule has 86 valence electrons. The molecule has 3 heterocycles.